The molecule has 1 saturated heterocycles. The van der Waals surface area contributed by atoms with Gasteiger partial charge in [-0.15, -0.1) is 0 Å². The van der Waals surface area contributed by atoms with Crippen LogP contribution in [-0.4, -0.2) is 33.6 Å². The minimum absolute atomic E-state index is 0.177. The Morgan fingerprint density at radius 2 is 2.00 bits per heavy atom. The number of hydrogen-bond donors (Lipinski definition) is 1. The molecule has 1 fully saturated rings. The van der Waals surface area contributed by atoms with Crippen molar-refractivity contribution in [1.29, 1.82) is 0 Å². The fourth-order valence-electron chi connectivity index (χ4n) is 3.58. The van der Waals surface area contributed by atoms with Gasteiger partial charge in [0.2, 0.25) is 0 Å². The van der Waals surface area contributed by atoms with Crippen molar-refractivity contribution in [2.24, 2.45) is 5.92 Å². The summed E-state index contributed by atoms with van der Waals surface area (Å²) < 4.78 is 2.33. The fourth-order valence-corrected chi connectivity index (χ4v) is 4.20. The predicted octanol–water partition coefficient (Wildman–Crippen LogP) is 3.99. The van der Waals surface area contributed by atoms with E-state index in [4.69, 9.17) is 5.11 Å². The van der Waals surface area contributed by atoms with Crippen molar-refractivity contribution >= 4 is 28.2 Å². The van der Waals surface area contributed by atoms with Crippen LogP contribution in [-0.2, 0) is 11.3 Å². The highest BCUT2D eigenvalue weighted by Gasteiger charge is 2.25. The zero-order valence-electron chi connectivity index (χ0n) is 13.4. The van der Waals surface area contributed by atoms with Crippen LogP contribution < -0.4 is 0 Å². The number of carbonyl (C=O) groups is 1. The zero-order valence-corrected chi connectivity index (χ0v) is 14.2. The van der Waals surface area contributed by atoms with Crippen LogP contribution in [0, 0.1) is 5.92 Å². The molecular formula is C19H20N2O2S. The summed E-state index contributed by atoms with van der Waals surface area (Å²) in [6.07, 6.45) is 1.49. The number of nitrogens with zero attached hydrogens (tertiary/aromatic N) is 2. The van der Waals surface area contributed by atoms with Crippen molar-refractivity contribution in [1.82, 2.24) is 9.47 Å². The van der Waals surface area contributed by atoms with Crippen molar-refractivity contribution in [3.05, 3.63) is 52.9 Å². The molecule has 0 spiro atoms. The summed E-state index contributed by atoms with van der Waals surface area (Å²) in [4.78, 5) is 13.5. The van der Waals surface area contributed by atoms with E-state index in [1.807, 2.05) is 0 Å². The maximum absolute atomic E-state index is 11.1. The van der Waals surface area contributed by atoms with Crippen molar-refractivity contribution in [3.8, 4) is 5.69 Å². The molecule has 24 heavy (non-hydrogen) atoms. The number of thiophene rings is 1. The summed E-state index contributed by atoms with van der Waals surface area (Å²) in [5.41, 5.74) is 3.70. The highest BCUT2D eigenvalue weighted by molar-refractivity contribution is 7.08. The van der Waals surface area contributed by atoms with E-state index >= 15 is 0 Å². The summed E-state index contributed by atoms with van der Waals surface area (Å²) in [5.74, 6) is -0.828. The van der Waals surface area contributed by atoms with Gasteiger partial charge in [-0.2, -0.15) is 11.3 Å². The maximum atomic E-state index is 11.1. The van der Waals surface area contributed by atoms with Crippen LogP contribution in [0.4, 0.5) is 0 Å². The minimum atomic E-state index is -0.651. The molecule has 2 aromatic heterocycles. The lowest BCUT2D eigenvalue weighted by molar-refractivity contribution is -0.143. The summed E-state index contributed by atoms with van der Waals surface area (Å²) in [6, 6.07) is 12.9. The molecular weight excluding hydrogens is 320 g/mol. The Hall–Kier alpha value is -2.11. The smallest absolute Gasteiger partial charge is 0.306 e. The van der Waals surface area contributed by atoms with E-state index in [1.54, 1.807) is 11.3 Å². The van der Waals surface area contributed by atoms with Crippen LogP contribution in [0.5, 0.6) is 0 Å². The SMILES string of the molecule is O=C(O)C1CCN(Cc2cc3ccccc3n2-c2ccsc2)CC1. The third-order valence-electron chi connectivity index (χ3n) is 4.87. The topological polar surface area (TPSA) is 45.5 Å². The fraction of sp³-hybridized carbons (Fsp3) is 0.316. The molecule has 5 heteroatoms. The normalized spacial score (nSPS) is 16.7. The lowest BCUT2D eigenvalue weighted by Gasteiger charge is -2.30. The molecule has 0 aliphatic carbocycles. The Bertz CT molecular complexity index is 846. The summed E-state index contributed by atoms with van der Waals surface area (Å²) >= 11 is 1.70. The molecule has 3 heterocycles. The number of aromatic nitrogens is 1. The van der Waals surface area contributed by atoms with Crippen molar-refractivity contribution < 1.29 is 9.90 Å². The number of carboxylic acid groups (broad SMARTS) is 1. The molecule has 0 saturated carbocycles. The monoisotopic (exact) mass is 340 g/mol. The summed E-state index contributed by atoms with van der Waals surface area (Å²) in [6.45, 7) is 2.56. The second-order valence-electron chi connectivity index (χ2n) is 6.40. The third kappa shape index (κ3) is 2.85. The molecule has 0 bridgehead atoms. The number of piperidine rings is 1. The van der Waals surface area contributed by atoms with E-state index in [1.165, 1.54) is 22.3 Å². The van der Waals surface area contributed by atoms with Crippen molar-refractivity contribution in [2.75, 3.05) is 13.1 Å². The van der Waals surface area contributed by atoms with Crippen LogP contribution in [0.2, 0.25) is 0 Å². The average Bonchev–Trinajstić information content (AvgIpc) is 3.22. The molecule has 0 atom stereocenters. The number of para-hydroxylation sites is 1. The van der Waals surface area contributed by atoms with Gasteiger partial charge in [-0.1, -0.05) is 18.2 Å². The zero-order chi connectivity index (χ0) is 16.5. The van der Waals surface area contributed by atoms with E-state index in [9.17, 15) is 4.79 Å². The van der Waals surface area contributed by atoms with Gasteiger partial charge in [0, 0.05) is 23.0 Å². The van der Waals surface area contributed by atoms with Gasteiger partial charge in [0.25, 0.3) is 0 Å². The van der Waals surface area contributed by atoms with Crippen molar-refractivity contribution in [3.63, 3.8) is 0 Å². The largest absolute Gasteiger partial charge is 0.481 e. The summed E-state index contributed by atoms with van der Waals surface area (Å²) in [5, 5.41) is 14.7. The quantitative estimate of drug-likeness (QED) is 0.781. The first-order valence-electron chi connectivity index (χ1n) is 8.29. The van der Waals surface area contributed by atoms with Crippen LogP contribution in [0.3, 0.4) is 0 Å². The lowest BCUT2D eigenvalue weighted by Crippen LogP contribution is -2.36. The van der Waals surface area contributed by atoms with Gasteiger partial charge in [-0.3, -0.25) is 9.69 Å². The number of benzene rings is 1. The molecule has 0 radical (unpaired) electrons. The van der Waals surface area contributed by atoms with Crippen LogP contribution >= 0.6 is 11.3 Å². The molecule has 0 unspecified atom stereocenters. The van der Waals surface area contributed by atoms with Crippen molar-refractivity contribution in [2.45, 2.75) is 19.4 Å². The Morgan fingerprint density at radius 3 is 2.71 bits per heavy atom. The first-order valence-corrected chi connectivity index (χ1v) is 9.24. The van der Waals surface area contributed by atoms with E-state index in [0.29, 0.717) is 0 Å². The number of rotatable bonds is 4. The van der Waals surface area contributed by atoms with Crippen LogP contribution in [0.25, 0.3) is 16.6 Å². The highest BCUT2D eigenvalue weighted by atomic mass is 32.1. The van der Waals surface area contributed by atoms with E-state index in [-0.39, 0.29) is 5.92 Å². The molecule has 3 aromatic rings. The second-order valence-corrected chi connectivity index (χ2v) is 7.18. The van der Waals surface area contributed by atoms with Gasteiger partial charge in [-0.25, -0.2) is 0 Å². The Labute approximate surface area is 144 Å². The lowest BCUT2D eigenvalue weighted by atomic mass is 9.97. The predicted molar refractivity (Wildman–Crippen MR) is 96.8 cm³/mol. The van der Waals surface area contributed by atoms with Gasteiger partial charge in [-0.05, 0) is 49.5 Å². The molecule has 1 aliphatic heterocycles. The molecule has 0 amide bonds. The maximum Gasteiger partial charge on any atom is 0.306 e. The first kappa shape index (κ1) is 15.4. The molecule has 4 nitrogen and oxygen atoms in total. The van der Waals surface area contributed by atoms with Gasteiger partial charge in [0.15, 0.2) is 0 Å². The highest BCUT2D eigenvalue weighted by Crippen LogP contribution is 2.28. The van der Waals surface area contributed by atoms with Gasteiger partial charge in [0.1, 0.15) is 0 Å². The Morgan fingerprint density at radius 1 is 1.21 bits per heavy atom. The first-order chi connectivity index (χ1) is 11.7. The van der Waals surface area contributed by atoms with Crippen LogP contribution in [0.15, 0.2) is 47.2 Å². The molecule has 4 rings (SSSR count). The third-order valence-corrected chi connectivity index (χ3v) is 5.54. The molecule has 1 aromatic carbocycles. The number of aliphatic carboxylic acids is 1. The van der Waals surface area contributed by atoms with E-state index < -0.39 is 5.97 Å². The van der Waals surface area contributed by atoms with E-state index in [0.717, 1.165) is 32.5 Å². The number of fused-ring (bicyclic) bond motifs is 1. The number of hydrogen-bond acceptors (Lipinski definition) is 3. The second kappa shape index (κ2) is 6.42. The number of likely N-dealkylation sites (tertiary alicyclic amines) is 1. The van der Waals surface area contributed by atoms with Crippen LogP contribution in [0.1, 0.15) is 18.5 Å². The standard InChI is InChI=1S/C19H20N2O2S/c22-19(23)14-5-8-20(9-6-14)12-17-11-15-3-1-2-4-18(15)21(17)16-7-10-24-13-16/h1-4,7,10-11,13-14H,5-6,8-9,12H2,(H,22,23). The van der Waals surface area contributed by atoms with Gasteiger partial charge >= 0.3 is 5.97 Å². The van der Waals surface area contributed by atoms with Gasteiger partial charge < -0.3 is 9.67 Å². The minimum Gasteiger partial charge on any atom is -0.481 e. The van der Waals surface area contributed by atoms with E-state index in [2.05, 4.69) is 56.6 Å². The Balaban J connectivity index is 1.63. The average molecular weight is 340 g/mol. The molecule has 1 aliphatic rings. The number of carboxylic acids is 1. The molecule has 1 N–H and O–H groups in total. The summed E-state index contributed by atoms with van der Waals surface area (Å²) in [7, 11) is 0. The molecule has 124 valence electrons. The van der Waals surface area contributed by atoms with Gasteiger partial charge in [0.05, 0.1) is 17.1 Å². The Kier molecular flexibility index (Phi) is 4.12.